The van der Waals surface area contributed by atoms with E-state index in [-0.39, 0.29) is 25.4 Å². The summed E-state index contributed by atoms with van der Waals surface area (Å²) in [6.45, 7) is 0.0956. The average molecular weight is 308 g/mol. The highest BCUT2D eigenvalue weighted by Gasteiger charge is 2.10. The summed E-state index contributed by atoms with van der Waals surface area (Å²) in [6.07, 6.45) is 1.90. The minimum atomic E-state index is -0.387. The van der Waals surface area contributed by atoms with E-state index in [0.29, 0.717) is 22.1 Å². The maximum absolute atomic E-state index is 11.6. The van der Waals surface area contributed by atoms with E-state index in [4.69, 9.17) is 26.0 Å². The molecule has 0 radical (unpaired) electrons. The number of hydrogen-bond acceptors (Lipinski definition) is 5. The number of benzene rings is 1. The van der Waals surface area contributed by atoms with Gasteiger partial charge < -0.3 is 14.4 Å². The Morgan fingerprint density at radius 3 is 2.62 bits per heavy atom. The lowest BCUT2D eigenvalue weighted by molar-refractivity contribution is -0.145. The molecule has 0 bridgehead atoms. The first-order chi connectivity index (χ1) is 10.2. The highest BCUT2D eigenvalue weighted by atomic mass is 35.5. The molecule has 5 nitrogen and oxygen atoms in total. The van der Waals surface area contributed by atoms with Gasteiger partial charge in [-0.15, -0.1) is 0 Å². The molecule has 1 N–H and O–H groups in total. The molecule has 1 heterocycles. The first-order valence-electron chi connectivity index (χ1n) is 6.34. The largest absolute Gasteiger partial charge is 0.466 e. The van der Waals surface area contributed by atoms with Gasteiger partial charge in [0.05, 0.1) is 18.4 Å². The molecule has 21 heavy (non-hydrogen) atoms. The van der Waals surface area contributed by atoms with Gasteiger partial charge >= 0.3 is 5.97 Å². The number of carbonyl (C=O) groups is 1. The Kier molecular flexibility index (Phi) is 5.40. The zero-order chi connectivity index (χ0) is 15.1. The van der Waals surface area contributed by atoms with Crippen LogP contribution >= 0.6 is 11.6 Å². The topological polar surface area (TPSA) is 72.0 Å². The van der Waals surface area contributed by atoms with Gasteiger partial charge in [0, 0.05) is 11.4 Å². The summed E-state index contributed by atoms with van der Waals surface area (Å²) in [5.41, 5.74) is 1.11. The molecule has 0 spiro atoms. The smallest absolute Gasteiger partial charge is 0.306 e. The van der Waals surface area contributed by atoms with Crippen LogP contribution in [0.1, 0.15) is 24.2 Å². The van der Waals surface area contributed by atoms with E-state index in [9.17, 15) is 4.79 Å². The van der Waals surface area contributed by atoms with Crippen molar-refractivity contribution in [3.63, 3.8) is 0 Å². The number of rotatable bonds is 6. The molecule has 0 amide bonds. The third-order valence-corrected chi connectivity index (χ3v) is 3.07. The fourth-order valence-electron chi connectivity index (χ4n) is 1.73. The van der Waals surface area contributed by atoms with Gasteiger partial charge in [-0.1, -0.05) is 28.9 Å². The monoisotopic (exact) mass is 307 g/mol. The van der Waals surface area contributed by atoms with Crippen LogP contribution in [0.2, 0.25) is 5.02 Å². The third-order valence-electron chi connectivity index (χ3n) is 2.82. The van der Waals surface area contributed by atoms with Crippen LogP contribution in [-0.2, 0) is 16.1 Å². The Balaban J connectivity index is 1.83. The molecule has 0 fully saturated rings. The van der Waals surface area contributed by atoms with Crippen LogP contribution in [0.3, 0.4) is 0 Å². The fraction of sp³-hybridized carbons (Fsp3) is 0.200. The van der Waals surface area contributed by atoms with Crippen molar-refractivity contribution in [2.24, 2.45) is 5.16 Å². The maximum atomic E-state index is 11.6. The van der Waals surface area contributed by atoms with Crippen molar-refractivity contribution in [2.75, 3.05) is 0 Å². The van der Waals surface area contributed by atoms with Crippen molar-refractivity contribution >= 4 is 23.3 Å². The Labute approximate surface area is 126 Å². The summed E-state index contributed by atoms with van der Waals surface area (Å²) in [5, 5.41) is 12.8. The van der Waals surface area contributed by atoms with Crippen molar-refractivity contribution < 1.29 is 19.2 Å². The lowest BCUT2D eigenvalue weighted by Gasteiger charge is -2.05. The van der Waals surface area contributed by atoms with Gasteiger partial charge in [-0.2, -0.15) is 0 Å². The second kappa shape index (κ2) is 7.50. The van der Waals surface area contributed by atoms with Crippen LogP contribution in [0.25, 0.3) is 0 Å². The van der Waals surface area contributed by atoms with E-state index in [1.54, 1.807) is 36.4 Å². The molecule has 0 aliphatic heterocycles. The van der Waals surface area contributed by atoms with E-state index in [1.165, 1.54) is 6.26 Å². The van der Waals surface area contributed by atoms with Gasteiger partial charge in [-0.05, 0) is 29.8 Å². The standard InChI is InChI=1S/C15H14ClNO4/c16-12-5-3-11(4-6-12)14(17-19)7-8-15(18)21-10-13-2-1-9-20-13/h1-6,9,19H,7-8,10H2/b17-14+. The summed E-state index contributed by atoms with van der Waals surface area (Å²) >= 11 is 5.79. The van der Waals surface area contributed by atoms with Gasteiger partial charge in [0.2, 0.25) is 0 Å². The number of ether oxygens (including phenoxy) is 1. The minimum absolute atomic E-state index is 0.0956. The second-order valence-electron chi connectivity index (χ2n) is 4.29. The molecule has 0 aliphatic carbocycles. The molecule has 1 aromatic carbocycles. The molecule has 2 rings (SSSR count). The molecule has 0 saturated heterocycles. The van der Waals surface area contributed by atoms with Gasteiger partial charge in [0.15, 0.2) is 0 Å². The van der Waals surface area contributed by atoms with Gasteiger partial charge in [-0.25, -0.2) is 0 Å². The summed E-state index contributed by atoms with van der Waals surface area (Å²) < 4.78 is 10.1. The molecule has 2 aromatic rings. The van der Waals surface area contributed by atoms with Gasteiger partial charge in [0.1, 0.15) is 12.4 Å². The maximum Gasteiger partial charge on any atom is 0.306 e. The van der Waals surface area contributed by atoms with E-state index >= 15 is 0 Å². The summed E-state index contributed by atoms with van der Waals surface area (Å²) in [6, 6.07) is 10.3. The molecule has 110 valence electrons. The Morgan fingerprint density at radius 2 is 2.00 bits per heavy atom. The van der Waals surface area contributed by atoms with Crippen molar-refractivity contribution in [3.8, 4) is 0 Å². The molecule has 1 aromatic heterocycles. The predicted octanol–water partition coefficient (Wildman–Crippen LogP) is 3.63. The minimum Gasteiger partial charge on any atom is -0.466 e. The van der Waals surface area contributed by atoms with E-state index < -0.39 is 0 Å². The van der Waals surface area contributed by atoms with E-state index in [0.717, 1.165) is 0 Å². The normalized spacial score (nSPS) is 11.4. The quantitative estimate of drug-likeness (QED) is 0.383. The number of hydrogen-bond donors (Lipinski definition) is 1. The molecule has 0 unspecified atom stereocenters. The zero-order valence-corrected chi connectivity index (χ0v) is 11.9. The SMILES string of the molecule is O=C(CC/C(=N\O)c1ccc(Cl)cc1)OCc1ccco1. The Hall–Kier alpha value is -2.27. The van der Waals surface area contributed by atoms with Gasteiger partial charge in [0.25, 0.3) is 0 Å². The lowest BCUT2D eigenvalue weighted by Crippen LogP contribution is -2.09. The highest BCUT2D eigenvalue weighted by Crippen LogP contribution is 2.13. The summed E-state index contributed by atoms with van der Waals surface area (Å²) in [7, 11) is 0. The predicted molar refractivity (Wildman–Crippen MR) is 77.5 cm³/mol. The molecule has 6 heteroatoms. The van der Waals surface area contributed by atoms with E-state index in [2.05, 4.69) is 5.16 Å². The number of carbonyl (C=O) groups excluding carboxylic acids is 1. The first kappa shape index (κ1) is 15.1. The van der Waals surface area contributed by atoms with Crippen LogP contribution in [-0.4, -0.2) is 16.9 Å². The third kappa shape index (κ3) is 4.65. The number of furan rings is 1. The zero-order valence-electron chi connectivity index (χ0n) is 11.2. The highest BCUT2D eigenvalue weighted by molar-refractivity contribution is 6.30. The van der Waals surface area contributed by atoms with Crippen molar-refractivity contribution in [3.05, 3.63) is 59.0 Å². The lowest BCUT2D eigenvalue weighted by atomic mass is 10.1. The Morgan fingerprint density at radius 1 is 1.24 bits per heavy atom. The van der Waals surface area contributed by atoms with Gasteiger partial charge in [-0.3, -0.25) is 4.79 Å². The Bertz CT molecular complexity index is 605. The van der Waals surface area contributed by atoms with Crippen LogP contribution in [0, 0.1) is 0 Å². The number of halogens is 1. The second-order valence-corrected chi connectivity index (χ2v) is 4.73. The van der Waals surface area contributed by atoms with Crippen molar-refractivity contribution in [1.29, 1.82) is 0 Å². The van der Waals surface area contributed by atoms with Crippen LogP contribution in [0.15, 0.2) is 52.2 Å². The number of nitrogens with zero attached hydrogens (tertiary/aromatic N) is 1. The molecule has 0 aliphatic rings. The number of esters is 1. The summed E-state index contributed by atoms with van der Waals surface area (Å²) in [4.78, 5) is 11.6. The van der Waals surface area contributed by atoms with Crippen LogP contribution in [0.4, 0.5) is 0 Å². The van der Waals surface area contributed by atoms with Crippen molar-refractivity contribution in [1.82, 2.24) is 0 Å². The van der Waals surface area contributed by atoms with Crippen LogP contribution < -0.4 is 0 Å². The molecule has 0 atom stereocenters. The fourth-order valence-corrected chi connectivity index (χ4v) is 1.86. The van der Waals surface area contributed by atoms with Crippen molar-refractivity contribution in [2.45, 2.75) is 19.4 Å². The average Bonchev–Trinajstić information content (AvgIpc) is 3.01. The molecular weight excluding hydrogens is 294 g/mol. The first-order valence-corrected chi connectivity index (χ1v) is 6.71. The molecular formula is C15H14ClNO4. The summed E-state index contributed by atoms with van der Waals surface area (Å²) in [5.74, 6) is 0.193. The molecule has 0 saturated carbocycles. The number of oxime groups is 1. The van der Waals surface area contributed by atoms with Crippen LogP contribution in [0.5, 0.6) is 0 Å². The van der Waals surface area contributed by atoms with E-state index in [1.807, 2.05) is 0 Å².